The van der Waals surface area contributed by atoms with E-state index in [4.69, 9.17) is 0 Å². The molecule has 17 heavy (non-hydrogen) atoms. The molecule has 3 aromatic rings. The lowest BCUT2D eigenvalue weighted by atomic mass is 10.2. The van der Waals surface area contributed by atoms with Crippen molar-refractivity contribution in [2.45, 2.75) is 0 Å². The molecular weight excluding hydrogens is 236 g/mol. The van der Waals surface area contributed by atoms with E-state index in [1.165, 1.54) is 10.2 Å². The quantitative estimate of drug-likeness (QED) is 0.660. The second-order valence-electron chi connectivity index (χ2n) is 3.94. The van der Waals surface area contributed by atoms with Crippen molar-refractivity contribution in [2.24, 2.45) is 0 Å². The fraction of sp³-hybridized carbons (Fsp3) is 0.0833. The van der Waals surface area contributed by atoms with Crippen LogP contribution < -0.4 is 0 Å². The van der Waals surface area contributed by atoms with E-state index in [0.717, 1.165) is 10.8 Å². The number of nitrogens with zero attached hydrogens (tertiary/aromatic N) is 2. The Bertz CT molecular complexity index is 766. The van der Waals surface area contributed by atoms with Gasteiger partial charge in [-0.05, 0) is 12.1 Å². The maximum absolute atomic E-state index is 11.9. The Morgan fingerprint density at radius 1 is 1.06 bits per heavy atom. The van der Waals surface area contributed by atoms with Gasteiger partial charge < -0.3 is 0 Å². The first-order valence-electron chi connectivity index (χ1n) is 5.13. The minimum Gasteiger partial charge on any atom is -0.264 e. The van der Waals surface area contributed by atoms with Crippen LogP contribution in [0.5, 0.6) is 0 Å². The molecule has 4 nitrogen and oxygen atoms in total. The molecule has 0 aliphatic carbocycles. The summed E-state index contributed by atoms with van der Waals surface area (Å²) in [7, 11) is -3.32. The maximum Gasteiger partial charge on any atom is 0.236 e. The van der Waals surface area contributed by atoms with E-state index in [1.807, 2.05) is 18.2 Å². The number of benzene rings is 1. The third-order valence-electron chi connectivity index (χ3n) is 2.76. The smallest absolute Gasteiger partial charge is 0.236 e. The molecule has 0 saturated heterocycles. The predicted molar refractivity (Wildman–Crippen MR) is 67.5 cm³/mol. The van der Waals surface area contributed by atoms with Crippen molar-refractivity contribution in [3.05, 3.63) is 42.7 Å². The van der Waals surface area contributed by atoms with Crippen LogP contribution in [0.3, 0.4) is 0 Å². The van der Waals surface area contributed by atoms with Crippen molar-refractivity contribution in [3.63, 3.8) is 0 Å². The van der Waals surface area contributed by atoms with Gasteiger partial charge in [0, 0.05) is 23.2 Å². The summed E-state index contributed by atoms with van der Waals surface area (Å²) in [6.45, 7) is 0. The van der Waals surface area contributed by atoms with Gasteiger partial charge >= 0.3 is 0 Å². The largest absolute Gasteiger partial charge is 0.264 e. The molecule has 0 amide bonds. The lowest BCUT2D eigenvalue weighted by Crippen LogP contribution is -2.09. The molecule has 5 heteroatoms. The van der Waals surface area contributed by atoms with Gasteiger partial charge in [-0.1, -0.05) is 18.2 Å². The van der Waals surface area contributed by atoms with Gasteiger partial charge in [0.2, 0.25) is 10.0 Å². The fourth-order valence-corrected chi connectivity index (χ4v) is 3.17. The zero-order valence-electron chi connectivity index (χ0n) is 9.16. The summed E-state index contributed by atoms with van der Waals surface area (Å²) in [5, 5.41) is 1.76. The highest BCUT2D eigenvalue weighted by atomic mass is 32.2. The third-order valence-corrected chi connectivity index (χ3v) is 3.82. The Hall–Kier alpha value is -1.88. The van der Waals surface area contributed by atoms with Gasteiger partial charge in [0.1, 0.15) is 0 Å². The van der Waals surface area contributed by atoms with Gasteiger partial charge in [-0.25, -0.2) is 12.4 Å². The number of rotatable bonds is 1. The minimum absolute atomic E-state index is 0.670. The molecular formula is C12H10N2O2S. The number of hydrogen-bond donors (Lipinski definition) is 0. The van der Waals surface area contributed by atoms with E-state index in [2.05, 4.69) is 4.98 Å². The summed E-state index contributed by atoms with van der Waals surface area (Å²) in [4.78, 5) is 4.05. The van der Waals surface area contributed by atoms with E-state index in [0.29, 0.717) is 11.0 Å². The SMILES string of the molecule is CS(=O)(=O)n1c2ccccc2c2cnccc21. The van der Waals surface area contributed by atoms with Crippen LogP contribution in [-0.2, 0) is 10.0 Å². The number of para-hydroxylation sites is 1. The van der Waals surface area contributed by atoms with Crippen molar-refractivity contribution in [2.75, 3.05) is 6.26 Å². The predicted octanol–water partition coefficient (Wildman–Crippen LogP) is 2.00. The summed E-state index contributed by atoms with van der Waals surface area (Å²) in [6, 6.07) is 9.14. The van der Waals surface area contributed by atoms with Gasteiger partial charge in [0.15, 0.2) is 0 Å². The number of pyridine rings is 1. The summed E-state index contributed by atoms with van der Waals surface area (Å²) < 4.78 is 25.1. The highest BCUT2D eigenvalue weighted by molar-refractivity contribution is 7.89. The van der Waals surface area contributed by atoms with Crippen molar-refractivity contribution in [1.29, 1.82) is 0 Å². The molecule has 0 aliphatic heterocycles. The average Bonchev–Trinajstić information content (AvgIpc) is 2.63. The Kier molecular flexibility index (Phi) is 2.00. The van der Waals surface area contributed by atoms with Crippen LogP contribution >= 0.6 is 0 Å². The lowest BCUT2D eigenvalue weighted by molar-refractivity contribution is 0.596. The van der Waals surface area contributed by atoms with Gasteiger partial charge in [-0.3, -0.25) is 4.98 Å². The molecule has 1 aromatic carbocycles. The highest BCUT2D eigenvalue weighted by Gasteiger charge is 2.16. The van der Waals surface area contributed by atoms with Gasteiger partial charge in [0.05, 0.1) is 17.3 Å². The highest BCUT2D eigenvalue weighted by Crippen LogP contribution is 2.28. The molecule has 3 rings (SSSR count). The topological polar surface area (TPSA) is 52.0 Å². The van der Waals surface area contributed by atoms with Gasteiger partial charge in [0.25, 0.3) is 0 Å². The van der Waals surface area contributed by atoms with Crippen LogP contribution in [0, 0.1) is 0 Å². The summed E-state index contributed by atoms with van der Waals surface area (Å²) in [5.74, 6) is 0. The standard InChI is InChI=1S/C12H10N2O2S/c1-17(15,16)14-11-5-3-2-4-9(11)10-8-13-7-6-12(10)14/h2-8H,1H3. The molecule has 0 aliphatic rings. The first kappa shape index (κ1) is 10.3. The van der Waals surface area contributed by atoms with Crippen molar-refractivity contribution < 1.29 is 8.42 Å². The molecule has 0 spiro atoms. The Labute approximate surface area is 98.6 Å². The molecule has 0 N–H and O–H groups in total. The molecule has 0 fully saturated rings. The summed E-state index contributed by atoms with van der Waals surface area (Å²) in [5.41, 5.74) is 1.36. The second-order valence-corrected chi connectivity index (χ2v) is 5.77. The molecule has 86 valence electrons. The van der Waals surface area contributed by atoms with Crippen molar-refractivity contribution in [1.82, 2.24) is 8.96 Å². The number of hydrogen-bond acceptors (Lipinski definition) is 3. The molecule has 2 heterocycles. The third kappa shape index (κ3) is 1.43. The van der Waals surface area contributed by atoms with E-state index in [1.54, 1.807) is 24.5 Å². The lowest BCUT2D eigenvalue weighted by Gasteiger charge is -2.02. The molecule has 0 unspecified atom stereocenters. The summed E-state index contributed by atoms with van der Waals surface area (Å²) in [6.07, 6.45) is 4.50. The van der Waals surface area contributed by atoms with E-state index in [-0.39, 0.29) is 0 Å². The van der Waals surface area contributed by atoms with Crippen molar-refractivity contribution in [3.8, 4) is 0 Å². The first-order chi connectivity index (χ1) is 8.09. The van der Waals surface area contributed by atoms with Crippen LogP contribution in [0.4, 0.5) is 0 Å². The van der Waals surface area contributed by atoms with E-state index < -0.39 is 10.0 Å². The van der Waals surface area contributed by atoms with Crippen LogP contribution in [0.2, 0.25) is 0 Å². The summed E-state index contributed by atoms with van der Waals surface area (Å²) >= 11 is 0. The number of aromatic nitrogens is 2. The van der Waals surface area contributed by atoms with Crippen LogP contribution in [0.25, 0.3) is 21.8 Å². The number of fused-ring (bicyclic) bond motifs is 3. The van der Waals surface area contributed by atoms with E-state index >= 15 is 0 Å². The Morgan fingerprint density at radius 2 is 1.76 bits per heavy atom. The molecule has 0 bridgehead atoms. The minimum atomic E-state index is -3.32. The molecule has 0 radical (unpaired) electrons. The van der Waals surface area contributed by atoms with Crippen LogP contribution in [0.15, 0.2) is 42.7 Å². The molecule has 2 aromatic heterocycles. The average molecular weight is 246 g/mol. The van der Waals surface area contributed by atoms with Gasteiger partial charge in [-0.15, -0.1) is 0 Å². The zero-order chi connectivity index (χ0) is 12.0. The monoisotopic (exact) mass is 246 g/mol. The zero-order valence-corrected chi connectivity index (χ0v) is 9.98. The Morgan fingerprint density at radius 3 is 2.53 bits per heavy atom. The van der Waals surface area contributed by atoms with Crippen LogP contribution in [-0.4, -0.2) is 23.6 Å². The molecule has 0 atom stereocenters. The van der Waals surface area contributed by atoms with Gasteiger partial charge in [-0.2, -0.15) is 0 Å². The molecule has 0 saturated carbocycles. The fourth-order valence-electron chi connectivity index (χ4n) is 2.14. The second kappa shape index (κ2) is 3.30. The van der Waals surface area contributed by atoms with E-state index in [9.17, 15) is 8.42 Å². The van der Waals surface area contributed by atoms with Crippen LogP contribution in [0.1, 0.15) is 0 Å². The normalized spacial score (nSPS) is 12.3. The first-order valence-corrected chi connectivity index (χ1v) is 6.97. The Balaban J connectivity index is 2.70. The maximum atomic E-state index is 11.9. The van der Waals surface area contributed by atoms with Crippen molar-refractivity contribution >= 4 is 31.8 Å².